The van der Waals surface area contributed by atoms with Gasteiger partial charge < -0.3 is 10.4 Å². The molecule has 0 bridgehead atoms. The van der Waals surface area contributed by atoms with Gasteiger partial charge in [-0.15, -0.1) is 0 Å². The highest BCUT2D eigenvalue weighted by Gasteiger charge is 2.41. The number of nitrogens with zero attached hydrogens (tertiary/aromatic N) is 1. The van der Waals surface area contributed by atoms with E-state index in [-0.39, 0.29) is 23.4 Å². The Hall–Kier alpha value is -1.55. The molecule has 0 radical (unpaired) electrons. The highest BCUT2D eigenvalue weighted by atomic mass is 32.2. The predicted molar refractivity (Wildman–Crippen MR) is 84.1 cm³/mol. The summed E-state index contributed by atoms with van der Waals surface area (Å²) in [7, 11) is -3.91. The van der Waals surface area contributed by atoms with E-state index in [1.165, 1.54) is 18.2 Å². The van der Waals surface area contributed by atoms with Crippen molar-refractivity contribution >= 4 is 15.9 Å². The highest BCUT2D eigenvalue weighted by molar-refractivity contribution is 7.89. The molecule has 1 amide bonds. The minimum Gasteiger partial charge on any atom is -0.390 e. The van der Waals surface area contributed by atoms with Crippen molar-refractivity contribution < 1.29 is 22.7 Å². The number of carbonyl (C=O) groups excluding carboxylic acids is 1. The van der Waals surface area contributed by atoms with Gasteiger partial charge in [0.2, 0.25) is 15.9 Å². The number of carbonyl (C=O) groups is 1. The molecule has 7 nitrogen and oxygen atoms in total. The summed E-state index contributed by atoms with van der Waals surface area (Å²) >= 11 is 0. The van der Waals surface area contributed by atoms with E-state index in [2.05, 4.69) is 10.0 Å². The van der Waals surface area contributed by atoms with E-state index < -0.39 is 28.0 Å². The van der Waals surface area contributed by atoms with Crippen LogP contribution in [0.3, 0.4) is 0 Å². The molecule has 2 aliphatic rings. The van der Waals surface area contributed by atoms with Gasteiger partial charge in [0.25, 0.3) is 0 Å². The Morgan fingerprint density at radius 3 is 2.83 bits per heavy atom. The summed E-state index contributed by atoms with van der Waals surface area (Å²) in [6.45, 7) is 1.34. The van der Waals surface area contributed by atoms with Crippen molar-refractivity contribution in [1.82, 2.24) is 14.9 Å². The molecular formula is C15H20FN3O4S. The molecule has 1 aliphatic heterocycles. The summed E-state index contributed by atoms with van der Waals surface area (Å²) in [6.07, 6.45) is 0.128. The SMILES string of the molecule is O=C1CN([C@@H]2CC[C@@H](NS(=O)(=O)c3cccc(F)c3)[C@H]2O)CCN1. The van der Waals surface area contributed by atoms with Gasteiger partial charge >= 0.3 is 0 Å². The van der Waals surface area contributed by atoms with Crippen LogP contribution in [0.1, 0.15) is 12.8 Å². The number of piperazine rings is 1. The van der Waals surface area contributed by atoms with Gasteiger partial charge in [0, 0.05) is 25.2 Å². The topological polar surface area (TPSA) is 98.7 Å². The lowest BCUT2D eigenvalue weighted by Crippen LogP contribution is -2.55. The van der Waals surface area contributed by atoms with E-state index in [0.29, 0.717) is 25.9 Å². The largest absolute Gasteiger partial charge is 0.390 e. The number of nitrogens with one attached hydrogen (secondary N) is 2. The molecule has 0 spiro atoms. The highest BCUT2D eigenvalue weighted by Crippen LogP contribution is 2.26. The zero-order chi connectivity index (χ0) is 17.3. The Bertz CT molecular complexity index is 727. The van der Waals surface area contributed by atoms with Crippen molar-refractivity contribution in [3.05, 3.63) is 30.1 Å². The van der Waals surface area contributed by atoms with Crippen LogP contribution in [0, 0.1) is 5.82 Å². The second-order valence-electron chi connectivity index (χ2n) is 6.14. The molecule has 1 aromatic carbocycles. The third-order valence-corrected chi connectivity index (χ3v) is 6.02. The first-order valence-corrected chi connectivity index (χ1v) is 9.32. The number of rotatable bonds is 4. The third-order valence-electron chi connectivity index (χ3n) is 4.53. The van der Waals surface area contributed by atoms with Gasteiger partial charge in [-0.2, -0.15) is 0 Å². The van der Waals surface area contributed by atoms with E-state index in [4.69, 9.17) is 0 Å². The Morgan fingerprint density at radius 1 is 1.33 bits per heavy atom. The summed E-state index contributed by atoms with van der Waals surface area (Å²) in [4.78, 5) is 13.2. The fraction of sp³-hybridized carbons (Fsp3) is 0.533. The van der Waals surface area contributed by atoms with Gasteiger partial charge in [-0.05, 0) is 31.0 Å². The zero-order valence-corrected chi connectivity index (χ0v) is 13.8. The zero-order valence-electron chi connectivity index (χ0n) is 13.0. The molecule has 1 saturated carbocycles. The molecule has 24 heavy (non-hydrogen) atoms. The number of hydrogen-bond acceptors (Lipinski definition) is 5. The van der Waals surface area contributed by atoms with Crippen LogP contribution in [0.2, 0.25) is 0 Å². The average molecular weight is 357 g/mol. The maximum absolute atomic E-state index is 13.2. The Labute approximate surface area is 139 Å². The van der Waals surface area contributed by atoms with Gasteiger partial charge in [0.15, 0.2) is 0 Å². The molecule has 1 aliphatic carbocycles. The first kappa shape index (κ1) is 17.3. The predicted octanol–water partition coefficient (Wildman–Crippen LogP) is -0.572. The quantitative estimate of drug-likeness (QED) is 0.670. The first-order valence-electron chi connectivity index (χ1n) is 7.83. The van der Waals surface area contributed by atoms with E-state index in [1.807, 2.05) is 4.90 Å². The average Bonchev–Trinajstić information content (AvgIpc) is 2.88. The number of amides is 1. The first-order chi connectivity index (χ1) is 11.4. The molecule has 132 valence electrons. The Kier molecular flexibility index (Phi) is 4.86. The number of benzene rings is 1. The van der Waals surface area contributed by atoms with Crippen LogP contribution in [0.4, 0.5) is 4.39 Å². The van der Waals surface area contributed by atoms with Crippen LogP contribution >= 0.6 is 0 Å². The Balaban J connectivity index is 1.69. The molecule has 1 saturated heterocycles. The summed E-state index contributed by atoms with van der Waals surface area (Å²) in [5, 5.41) is 13.2. The molecule has 1 heterocycles. The van der Waals surface area contributed by atoms with Crippen molar-refractivity contribution in [3.8, 4) is 0 Å². The maximum Gasteiger partial charge on any atom is 0.241 e. The summed E-state index contributed by atoms with van der Waals surface area (Å²) in [5.41, 5.74) is 0. The van der Waals surface area contributed by atoms with Crippen LogP contribution < -0.4 is 10.0 Å². The maximum atomic E-state index is 13.2. The van der Waals surface area contributed by atoms with Crippen LogP contribution in [-0.4, -0.2) is 62.2 Å². The van der Waals surface area contributed by atoms with Gasteiger partial charge in [0.05, 0.1) is 17.5 Å². The molecule has 0 aromatic heterocycles. The molecular weight excluding hydrogens is 337 g/mol. The van der Waals surface area contributed by atoms with Crippen molar-refractivity contribution in [2.24, 2.45) is 0 Å². The fourth-order valence-electron chi connectivity index (χ4n) is 3.33. The van der Waals surface area contributed by atoms with Crippen LogP contribution in [0.5, 0.6) is 0 Å². The number of aliphatic hydroxyl groups is 1. The van der Waals surface area contributed by atoms with Gasteiger partial charge in [-0.1, -0.05) is 6.07 Å². The van der Waals surface area contributed by atoms with E-state index >= 15 is 0 Å². The molecule has 3 N–H and O–H groups in total. The molecule has 2 fully saturated rings. The minimum absolute atomic E-state index is 0.0998. The van der Waals surface area contributed by atoms with Crippen molar-refractivity contribution in [2.75, 3.05) is 19.6 Å². The molecule has 3 atom stereocenters. The van der Waals surface area contributed by atoms with E-state index in [1.54, 1.807) is 0 Å². The van der Waals surface area contributed by atoms with Crippen molar-refractivity contribution in [3.63, 3.8) is 0 Å². The second-order valence-corrected chi connectivity index (χ2v) is 7.85. The van der Waals surface area contributed by atoms with Crippen LogP contribution in [-0.2, 0) is 14.8 Å². The monoisotopic (exact) mass is 357 g/mol. The summed E-state index contributed by atoms with van der Waals surface area (Å²) in [6, 6.07) is 3.81. The minimum atomic E-state index is -3.91. The number of aliphatic hydroxyl groups excluding tert-OH is 1. The number of sulfonamides is 1. The fourth-order valence-corrected chi connectivity index (χ4v) is 4.65. The van der Waals surface area contributed by atoms with E-state index in [9.17, 15) is 22.7 Å². The van der Waals surface area contributed by atoms with Gasteiger partial charge in [-0.25, -0.2) is 17.5 Å². The molecule has 1 aromatic rings. The van der Waals surface area contributed by atoms with Gasteiger partial charge in [0.1, 0.15) is 5.82 Å². The second kappa shape index (κ2) is 6.75. The molecule has 0 unspecified atom stereocenters. The summed E-state index contributed by atoms with van der Waals surface area (Å²) in [5.74, 6) is -0.737. The van der Waals surface area contributed by atoms with Crippen molar-refractivity contribution in [2.45, 2.75) is 35.9 Å². The molecule has 3 rings (SSSR count). The smallest absolute Gasteiger partial charge is 0.241 e. The number of halogens is 1. The van der Waals surface area contributed by atoms with Crippen molar-refractivity contribution in [1.29, 1.82) is 0 Å². The van der Waals surface area contributed by atoms with Gasteiger partial charge in [-0.3, -0.25) is 9.69 Å². The standard InChI is InChI=1S/C15H20FN3O4S/c16-10-2-1-3-11(8-10)24(22,23)18-12-4-5-13(15(12)21)19-7-6-17-14(20)9-19/h1-3,8,12-13,15,18,21H,4-7,9H2,(H,17,20)/t12-,13-,15-/m1/s1. The third kappa shape index (κ3) is 3.59. The van der Waals surface area contributed by atoms with Crippen LogP contribution in [0.25, 0.3) is 0 Å². The van der Waals surface area contributed by atoms with Crippen LogP contribution in [0.15, 0.2) is 29.2 Å². The Morgan fingerprint density at radius 2 is 2.12 bits per heavy atom. The lowest BCUT2D eigenvalue weighted by molar-refractivity contribution is -0.125. The normalized spacial score (nSPS) is 28.8. The lowest BCUT2D eigenvalue weighted by atomic mass is 10.1. The number of hydrogen-bond donors (Lipinski definition) is 3. The van der Waals surface area contributed by atoms with E-state index in [0.717, 1.165) is 6.07 Å². The summed E-state index contributed by atoms with van der Waals surface area (Å²) < 4.78 is 40.4. The lowest BCUT2D eigenvalue weighted by Gasteiger charge is -2.34. The molecule has 9 heteroatoms.